The van der Waals surface area contributed by atoms with Crippen molar-refractivity contribution in [3.05, 3.63) is 29.0 Å². The summed E-state index contributed by atoms with van der Waals surface area (Å²) in [6.07, 6.45) is 2.02. The molecule has 0 aliphatic heterocycles. The van der Waals surface area contributed by atoms with Gasteiger partial charge in [-0.3, -0.25) is 0 Å². The Morgan fingerprint density at radius 2 is 2.19 bits per heavy atom. The molecule has 0 bridgehead atoms. The topological polar surface area (TPSA) is 9.23 Å². The molecular weight excluding hydrogens is 247 g/mol. The summed E-state index contributed by atoms with van der Waals surface area (Å²) in [5, 5.41) is 0.121. The maximum Gasteiger partial charge on any atom is 0.145 e. The van der Waals surface area contributed by atoms with Gasteiger partial charge in [-0.15, -0.1) is 0 Å². The summed E-state index contributed by atoms with van der Waals surface area (Å²) in [5.41, 5.74) is 0. The Morgan fingerprint density at radius 1 is 1.44 bits per heavy atom. The number of thiol groups is 1. The van der Waals surface area contributed by atoms with Gasteiger partial charge in [0.1, 0.15) is 11.6 Å². The van der Waals surface area contributed by atoms with E-state index >= 15 is 0 Å². The Bertz CT molecular complexity index is 333. The Balaban J connectivity index is 2.34. The van der Waals surface area contributed by atoms with Crippen molar-refractivity contribution in [3.8, 4) is 5.75 Å². The first kappa shape index (κ1) is 13.7. The Kier molecular flexibility index (Phi) is 5.99. The van der Waals surface area contributed by atoms with Crippen LogP contribution in [0.4, 0.5) is 4.39 Å². The standard InChI is InChI=1S/C12H16ClFOS/c1-9(5-7-16)4-6-15-10-2-3-11(13)12(14)8-10/h2-3,8-9,16H,4-7H2,1H3. The molecule has 0 aromatic heterocycles. The minimum atomic E-state index is -0.442. The summed E-state index contributed by atoms with van der Waals surface area (Å²) >= 11 is 9.74. The van der Waals surface area contributed by atoms with E-state index in [4.69, 9.17) is 16.3 Å². The molecule has 1 unspecified atom stereocenters. The third kappa shape index (κ3) is 4.62. The van der Waals surface area contributed by atoms with E-state index in [9.17, 15) is 4.39 Å². The minimum Gasteiger partial charge on any atom is -0.493 e. The monoisotopic (exact) mass is 262 g/mol. The summed E-state index contributed by atoms with van der Waals surface area (Å²) in [6.45, 7) is 2.75. The van der Waals surface area contributed by atoms with Gasteiger partial charge in [-0.2, -0.15) is 12.6 Å². The average molecular weight is 263 g/mol. The van der Waals surface area contributed by atoms with Gasteiger partial charge in [-0.05, 0) is 36.6 Å². The van der Waals surface area contributed by atoms with Crippen molar-refractivity contribution >= 4 is 24.2 Å². The number of hydrogen-bond donors (Lipinski definition) is 1. The molecule has 0 aliphatic rings. The maximum atomic E-state index is 13.1. The molecule has 16 heavy (non-hydrogen) atoms. The van der Waals surface area contributed by atoms with Crippen LogP contribution in [0.1, 0.15) is 19.8 Å². The third-order valence-corrected chi connectivity index (χ3v) is 2.96. The zero-order valence-corrected chi connectivity index (χ0v) is 10.9. The predicted molar refractivity (Wildman–Crippen MR) is 69.2 cm³/mol. The molecule has 0 fully saturated rings. The van der Waals surface area contributed by atoms with Gasteiger partial charge >= 0.3 is 0 Å². The fourth-order valence-corrected chi connectivity index (χ4v) is 1.87. The van der Waals surface area contributed by atoms with Gasteiger partial charge in [-0.1, -0.05) is 18.5 Å². The second-order valence-corrected chi connectivity index (χ2v) is 4.68. The van der Waals surface area contributed by atoms with Crippen LogP contribution < -0.4 is 4.74 Å². The normalized spacial score (nSPS) is 12.5. The van der Waals surface area contributed by atoms with Gasteiger partial charge in [0, 0.05) is 6.07 Å². The summed E-state index contributed by atoms with van der Waals surface area (Å²) in [4.78, 5) is 0. The zero-order valence-electron chi connectivity index (χ0n) is 9.25. The lowest BCUT2D eigenvalue weighted by atomic mass is 10.1. The molecule has 4 heteroatoms. The molecule has 1 nitrogen and oxygen atoms in total. The highest BCUT2D eigenvalue weighted by atomic mass is 35.5. The van der Waals surface area contributed by atoms with Crippen LogP contribution in [0.15, 0.2) is 18.2 Å². The van der Waals surface area contributed by atoms with Crippen LogP contribution in [0, 0.1) is 11.7 Å². The van der Waals surface area contributed by atoms with Crippen LogP contribution in [-0.2, 0) is 0 Å². The molecule has 1 aromatic carbocycles. The molecule has 0 aliphatic carbocycles. The van der Waals surface area contributed by atoms with Gasteiger partial charge < -0.3 is 4.74 Å². The van der Waals surface area contributed by atoms with Crippen molar-refractivity contribution in [2.24, 2.45) is 5.92 Å². The fourth-order valence-electron chi connectivity index (χ4n) is 1.31. The number of ether oxygens (including phenoxy) is 1. The molecule has 0 radical (unpaired) electrons. The van der Waals surface area contributed by atoms with E-state index in [1.165, 1.54) is 12.1 Å². The largest absolute Gasteiger partial charge is 0.493 e. The van der Waals surface area contributed by atoms with Crippen LogP contribution >= 0.6 is 24.2 Å². The van der Waals surface area contributed by atoms with Crippen molar-refractivity contribution < 1.29 is 9.13 Å². The van der Waals surface area contributed by atoms with Gasteiger partial charge in [0.05, 0.1) is 11.6 Å². The quantitative estimate of drug-likeness (QED) is 0.756. The molecule has 90 valence electrons. The summed E-state index contributed by atoms with van der Waals surface area (Å²) in [7, 11) is 0. The fraction of sp³-hybridized carbons (Fsp3) is 0.500. The van der Waals surface area contributed by atoms with Gasteiger partial charge in [0.2, 0.25) is 0 Å². The third-order valence-electron chi connectivity index (χ3n) is 2.39. The predicted octanol–water partition coefficient (Wildman–Crippen LogP) is 4.20. The van der Waals surface area contributed by atoms with Crippen LogP contribution in [0.2, 0.25) is 5.02 Å². The van der Waals surface area contributed by atoms with Gasteiger partial charge in [0.25, 0.3) is 0 Å². The SMILES string of the molecule is CC(CCS)CCOc1ccc(Cl)c(F)c1. The highest BCUT2D eigenvalue weighted by Gasteiger charge is 2.04. The van der Waals surface area contributed by atoms with Gasteiger partial charge in [-0.25, -0.2) is 4.39 Å². The van der Waals surface area contributed by atoms with E-state index in [0.717, 1.165) is 18.6 Å². The molecule has 0 spiro atoms. The first-order valence-corrected chi connectivity index (χ1v) is 6.33. The molecule has 0 heterocycles. The van der Waals surface area contributed by atoms with Crippen molar-refractivity contribution in [2.45, 2.75) is 19.8 Å². The lowest BCUT2D eigenvalue weighted by molar-refractivity contribution is 0.281. The van der Waals surface area contributed by atoms with Crippen LogP contribution in [0.3, 0.4) is 0 Å². The van der Waals surface area contributed by atoms with Crippen LogP contribution in [0.25, 0.3) is 0 Å². The zero-order chi connectivity index (χ0) is 12.0. The molecular formula is C12H16ClFOS. The van der Waals surface area contributed by atoms with E-state index in [0.29, 0.717) is 18.3 Å². The smallest absolute Gasteiger partial charge is 0.145 e. The highest BCUT2D eigenvalue weighted by molar-refractivity contribution is 7.80. The second-order valence-electron chi connectivity index (χ2n) is 3.83. The first-order valence-electron chi connectivity index (χ1n) is 5.32. The molecule has 0 saturated heterocycles. The van der Waals surface area contributed by atoms with Crippen molar-refractivity contribution in [3.63, 3.8) is 0 Å². The van der Waals surface area contributed by atoms with Crippen molar-refractivity contribution in [1.82, 2.24) is 0 Å². The van der Waals surface area contributed by atoms with E-state index in [2.05, 4.69) is 19.6 Å². The van der Waals surface area contributed by atoms with Crippen LogP contribution in [0.5, 0.6) is 5.75 Å². The van der Waals surface area contributed by atoms with E-state index in [1.54, 1.807) is 6.07 Å². The molecule has 0 saturated carbocycles. The van der Waals surface area contributed by atoms with E-state index in [1.807, 2.05) is 0 Å². The number of benzene rings is 1. The molecule has 0 N–H and O–H groups in total. The lowest BCUT2D eigenvalue weighted by Crippen LogP contribution is -2.04. The van der Waals surface area contributed by atoms with Crippen molar-refractivity contribution in [2.75, 3.05) is 12.4 Å². The highest BCUT2D eigenvalue weighted by Crippen LogP contribution is 2.20. The Labute approximate surface area is 106 Å². The Hall–Kier alpha value is -0.410. The number of rotatable bonds is 6. The summed E-state index contributed by atoms with van der Waals surface area (Å²) in [6, 6.07) is 4.49. The molecule has 0 amide bonds. The van der Waals surface area contributed by atoms with E-state index in [-0.39, 0.29) is 5.02 Å². The molecule has 1 atom stereocenters. The summed E-state index contributed by atoms with van der Waals surface area (Å²) < 4.78 is 18.5. The average Bonchev–Trinajstić information content (AvgIpc) is 2.24. The molecule has 1 rings (SSSR count). The number of hydrogen-bond acceptors (Lipinski definition) is 2. The maximum absolute atomic E-state index is 13.1. The van der Waals surface area contributed by atoms with Gasteiger partial charge in [0.15, 0.2) is 0 Å². The minimum absolute atomic E-state index is 0.121. The number of halogens is 2. The van der Waals surface area contributed by atoms with Crippen LogP contribution in [-0.4, -0.2) is 12.4 Å². The van der Waals surface area contributed by atoms with E-state index < -0.39 is 5.82 Å². The molecule has 1 aromatic rings. The first-order chi connectivity index (χ1) is 7.63. The lowest BCUT2D eigenvalue weighted by Gasteiger charge is -2.11. The van der Waals surface area contributed by atoms with Crippen molar-refractivity contribution in [1.29, 1.82) is 0 Å². The second kappa shape index (κ2) is 7.02. The Morgan fingerprint density at radius 3 is 2.81 bits per heavy atom. The summed E-state index contributed by atoms with van der Waals surface area (Å²) in [5.74, 6) is 1.55.